The molecule has 0 unspecified atom stereocenters. The minimum atomic E-state index is -4.39. The molecule has 0 fully saturated rings. The number of nitro groups is 1. The highest BCUT2D eigenvalue weighted by molar-refractivity contribution is 7.15. The van der Waals surface area contributed by atoms with Crippen molar-refractivity contribution in [3.63, 3.8) is 0 Å². The number of hydrogen-bond donors (Lipinski definition) is 1. The van der Waals surface area contributed by atoms with Gasteiger partial charge in [0.2, 0.25) is 5.82 Å². The van der Waals surface area contributed by atoms with Gasteiger partial charge in [0.1, 0.15) is 12.8 Å². The van der Waals surface area contributed by atoms with E-state index in [1.165, 1.54) is 21.9 Å². The smallest absolute Gasteiger partial charge is 0.370 e. The van der Waals surface area contributed by atoms with Gasteiger partial charge in [-0.15, -0.1) is 0 Å². The summed E-state index contributed by atoms with van der Waals surface area (Å²) in [4.78, 5) is 14.8. The van der Waals surface area contributed by atoms with Crippen LogP contribution in [0.1, 0.15) is 0 Å². The average Bonchev–Trinajstić information content (AvgIpc) is 2.85. The maximum Gasteiger partial charge on any atom is 0.411 e. The van der Waals surface area contributed by atoms with Gasteiger partial charge in [-0.25, -0.2) is 0 Å². The van der Waals surface area contributed by atoms with E-state index in [4.69, 9.17) is 0 Å². The van der Waals surface area contributed by atoms with E-state index in [0.29, 0.717) is 4.96 Å². The zero-order valence-corrected chi connectivity index (χ0v) is 10.7. The second-order valence-corrected chi connectivity index (χ2v) is 4.56. The van der Waals surface area contributed by atoms with Crippen molar-refractivity contribution in [2.24, 2.45) is 0 Å². The number of fused-ring (bicyclic) bond motifs is 1. The number of anilines is 1. The van der Waals surface area contributed by atoms with Gasteiger partial charge in [-0.3, -0.25) is 0 Å². The second-order valence-electron chi connectivity index (χ2n) is 3.69. The van der Waals surface area contributed by atoms with Crippen LogP contribution >= 0.6 is 11.3 Å². The lowest BCUT2D eigenvalue weighted by Crippen LogP contribution is -2.20. The molecule has 0 aliphatic heterocycles. The van der Waals surface area contributed by atoms with Gasteiger partial charge >= 0.3 is 12.0 Å². The van der Waals surface area contributed by atoms with Gasteiger partial charge < -0.3 is 20.2 Å². The summed E-state index contributed by atoms with van der Waals surface area (Å²) in [6, 6.07) is 0. The summed E-state index contributed by atoms with van der Waals surface area (Å²) in [6.07, 6.45) is -2.89. The number of nitrogens with one attached hydrogen (secondary N) is 1. The number of nitrogens with zero attached hydrogens (tertiary/aromatic N) is 3. The molecule has 0 aliphatic rings. The lowest BCUT2D eigenvalue weighted by atomic mass is 10.5. The predicted molar refractivity (Wildman–Crippen MR) is 65.1 cm³/mol. The van der Waals surface area contributed by atoms with Crippen LogP contribution in [0.2, 0.25) is 0 Å². The Morgan fingerprint density at radius 2 is 2.30 bits per heavy atom. The van der Waals surface area contributed by atoms with Crippen LogP contribution in [-0.2, 0) is 4.74 Å². The van der Waals surface area contributed by atoms with Crippen molar-refractivity contribution in [3.05, 3.63) is 21.7 Å². The molecule has 2 aromatic rings. The Morgan fingerprint density at radius 3 is 2.95 bits per heavy atom. The van der Waals surface area contributed by atoms with Gasteiger partial charge in [-0.05, 0) is 4.92 Å². The van der Waals surface area contributed by atoms with Crippen LogP contribution in [0.5, 0.6) is 0 Å². The number of rotatable bonds is 6. The Labute approximate surface area is 114 Å². The van der Waals surface area contributed by atoms with Crippen LogP contribution in [0.15, 0.2) is 11.6 Å². The largest absolute Gasteiger partial charge is 0.411 e. The van der Waals surface area contributed by atoms with Crippen LogP contribution in [-0.4, -0.2) is 40.2 Å². The molecule has 7 nitrogen and oxygen atoms in total. The highest BCUT2D eigenvalue weighted by Gasteiger charge is 2.27. The standard InChI is InChI=1S/C9H9F3N4O3S/c10-9(11,12)5-19-3-1-13-6-7(16(17)18)15-2-4-20-8(15)14-6/h2,4,13H,1,3,5H2. The molecular formula is C9H9F3N4O3S. The fourth-order valence-electron chi connectivity index (χ4n) is 1.50. The van der Waals surface area contributed by atoms with Crippen LogP contribution in [0, 0.1) is 10.1 Å². The molecule has 0 aliphatic carbocycles. The summed E-state index contributed by atoms with van der Waals surface area (Å²) < 4.78 is 41.2. The monoisotopic (exact) mass is 310 g/mol. The Hall–Kier alpha value is -1.88. The number of thiazole rings is 1. The minimum absolute atomic E-state index is 0.0115. The first-order chi connectivity index (χ1) is 9.38. The van der Waals surface area contributed by atoms with Crippen LogP contribution < -0.4 is 5.32 Å². The van der Waals surface area contributed by atoms with E-state index in [1.807, 2.05) is 0 Å². The molecule has 0 saturated heterocycles. The van der Waals surface area contributed by atoms with E-state index >= 15 is 0 Å². The highest BCUT2D eigenvalue weighted by Crippen LogP contribution is 2.27. The molecule has 110 valence electrons. The maximum atomic E-state index is 11.8. The van der Waals surface area contributed by atoms with Gasteiger partial charge in [0, 0.05) is 11.9 Å². The maximum absolute atomic E-state index is 11.8. The number of hydrogen-bond acceptors (Lipinski definition) is 6. The molecular weight excluding hydrogens is 301 g/mol. The molecule has 2 heterocycles. The fourth-order valence-corrected chi connectivity index (χ4v) is 2.21. The predicted octanol–water partition coefficient (Wildman–Crippen LogP) is 2.29. The van der Waals surface area contributed by atoms with Crippen molar-refractivity contribution >= 4 is 27.9 Å². The van der Waals surface area contributed by atoms with Crippen molar-refractivity contribution < 1.29 is 22.8 Å². The Bertz CT molecular complexity index is 609. The third-order valence-corrected chi connectivity index (χ3v) is 2.97. The zero-order chi connectivity index (χ0) is 14.8. The quantitative estimate of drug-likeness (QED) is 0.503. The van der Waals surface area contributed by atoms with E-state index in [9.17, 15) is 23.3 Å². The molecule has 11 heteroatoms. The minimum Gasteiger partial charge on any atom is -0.370 e. The Balaban J connectivity index is 1.94. The molecule has 0 spiro atoms. The average molecular weight is 310 g/mol. The molecule has 0 aromatic carbocycles. The fraction of sp³-hybridized carbons (Fsp3) is 0.444. The molecule has 1 N–H and O–H groups in total. The molecule has 0 radical (unpaired) electrons. The molecule has 20 heavy (non-hydrogen) atoms. The number of halogens is 3. The normalized spacial score (nSPS) is 11.9. The number of imidazole rings is 1. The van der Waals surface area contributed by atoms with Gasteiger partial charge in [-0.1, -0.05) is 11.3 Å². The molecule has 0 atom stereocenters. The van der Waals surface area contributed by atoms with Crippen LogP contribution in [0.3, 0.4) is 0 Å². The summed E-state index contributed by atoms with van der Waals surface area (Å²) in [5.41, 5.74) is 0. The molecule has 0 bridgehead atoms. The third kappa shape index (κ3) is 3.36. The summed E-state index contributed by atoms with van der Waals surface area (Å²) in [5, 5.41) is 15.2. The number of alkyl halides is 3. The third-order valence-electron chi connectivity index (χ3n) is 2.21. The van der Waals surface area contributed by atoms with Crippen molar-refractivity contribution in [2.75, 3.05) is 25.1 Å². The van der Waals surface area contributed by atoms with Gasteiger partial charge in [0.15, 0.2) is 0 Å². The highest BCUT2D eigenvalue weighted by atomic mass is 32.1. The molecule has 0 saturated carbocycles. The lowest BCUT2D eigenvalue weighted by molar-refractivity contribution is -0.389. The van der Waals surface area contributed by atoms with Crippen LogP contribution in [0.4, 0.5) is 24.8 Å². The van der Waals surface area contributed by atoms with Crippen molar-refractivity contribution in [1.82, 2.24) is 9.38 Å². The van der Waals surface area contributed by atoms with Crippen molar-refractivity contribution in [3.8, 4) is 0 Å². The molecule has 2 rings (SSSR count). The van der Waals surface area contributed by atoms with E-state index in [-0.39, 0.29) is 24.8 Å². The number of ether oxygens (including phenoxy) is 1. The molecule has 0 amide bonds. The Morgan fingerprint density at radius 1 is 1.55 bits per heavy atom. The van der Waals surface area contributed by atoms with E-state index in [2.05, 4.69) is 15.0 Å². The summed E-state index contributed by atoms with van der Waals surface area (Å²) >= 11 is 1.21. The van der Waals surface area contributed by atoms with Crippen molar-refractivity contribution in [2.45, 2.75) is 6.18 Å². The first-order valence-electron chi connectivity index (χ1n) is 5.37. The molecule has 2 aromatic heterocycles. The zero-order valence-electron chi connectivity index (χ0n) is 9.88. The van der Waals surface area contributed by atoms with Crippen molar-refractivity contribution in [1.29, 1.82) is 0 Å². The van der Waals surface area contributed by atoms with Crippen LogP contribution in [0.25, 0.3) is 4.96 Å². The number of aromatic nitrogens is 2. The van der Waals surface area contributed by atoms with E-state index < -0.39 is 17.7 Å². The summed E-state index contributed by atoms with van der Waals surface area (Å²) in [6.45, 7) is -1.60. The van der Waals surface area contributed by atoms with Gasteiger partial charge in [-0.2, -0.15) is 22.6 Å². The first-order valence-corrected chi connectivity index (χ1v) is 6.25. The second kappa shape index (κ2) is 5.63. The Kier molecular flexibility index (Phi) is 4.09. The lowest BCUT2D eigenvalue weighted by Gasteiger charge is -2.07. The topological polar surface area (TPSA) is 81.7 Å². The first kappa shape index (κ1) is 14.5. The summed E-state index contributed by atoms with van der Waals surface area (Å²) in [5.74, 6) is -0.241. The van der Waals surface area contributed by atoms with Gasteiger partial charge in [0.05, 0.1) is 6.61 Å². The van der Waals surface area contributed by atoms with E-state index in [1.54, 1.807) is 5.38 Å². The van der Waals surface area contributed by atoms with E-state index in [0.717, 1.165) is 0 Å². The van der Waals surface area contributed by atoms with Gasteiger partial charge in [0.25, 0.3) is 4.96 Å². The SMILES string of the molecule is O=[N+]([O-])c1c(NCCOCC(F)(F)F)nc2sccn12. The summed E-state index contributed by atoms with van der Waals surface area (Å²) in [7, 11) is 0.